The molecule has 1 atom stereocenters. The van der Waals surface area contributed by atoms with Crippen molar-refractivity contribution in [2.45, 2.75) is 24.4 Å². The summed E-state index contributed by atoms with van der Waals surface area (Å²) >= 11 is 0. The van der Waals surface area contributed by atoms with Crippen LogP contribution in [-0.2, 0) is 10.3 Å². The van der Waals surface area contributed by atoms with E-state index in [9.17, 15) is 13.6 Å². The van der Waals surface area contributed by atoms with Gasteiger partial charge in [-0.05, 0) is 30.5 Å². The van der Waals surface area contributed by atoms with Crippen LogP contribution in [-0.4, -0.2) is 23.7 Å². The van der Waals surface area contributed by atoms with E-state index in [1.165, 1.54) is 12.1 Å². The largest absolute Gasteiger partial charge is 0.394 e. The maximum atomic E-state index is 13.1. The smallest absolute Gasteiger partial charge is 0.239 e. The molecule has 1 fully saturated rings. The van der Waals surface area contributed by atoms with Crippen LogP contribution < -0.4 is 11.1 Å². The van der Waals surface area contributed by atoms with E-state index in [1.807, 2.05) is 0 Å². The van der Waals surface area contributed by atoms with E-state index in [1.54, 1.807) is 0 Å². The highest BCUT2D eigenvalue weighted by molar-refractivity contribution is 5.85. The van der Waals surface area contributed by atoms with Crippen molar-refractivity contribution in [1.29, 1.82) is 0 Å². The first-order chi connectivity index (χ1) is 8.47. The van der Waals surface area contributed by atoms with Crippen LogP contribution in [0.5, 0.6) is 0 Å². The minimum atomic E-state index is -1.03. The predicted octanol–water partition coefficient (Wildman–Crippen LogP) is 0.811. The Morgan fingerprint density at radius 2 is 1.89 bits per heavy atom. The monoisotopic (exact) mass is 292 g/mol. The Bertz CT molecular complexity index is 461. The number of hydrogen-bond acceptors (Lipinski definition) is 3. The van der Waals surface area contributed by atoms with Gasteiger partial charge in [0.05, 0.1) is 12.1 Å². The number of carbonyl (C=O) groups is 1. The Kier molecular flexibility index (Phi) is 4.84. The van der Waals surface area contributed by atoms with Crippen LogP contribution in [0.4, 0.5) is 8.78 Å². The maximum Gasteiger partial charge on any atom is 0.239 e. The molecule has 0 heterocycles. The van der Waals surface area contributed by atoms with E-state index >= 15 is 0 Å². The molecule has 0 saturated heterocycles. The topological polar surface area (TPSA) is 75.3 Å². The second-order valence-electron chi connectivity index (χ2n) is 4.52. The summed E-state index contributed by atoms with van der Waals surface area (Å²) in [5.74, 6) is -1.89. The van der Waals surface area contributed by atoms with Gasteiger partial charge < -0.3 is 16.2 Å². The van der Waals surface area contributed by atoms with E-state index in [-0.39, 0.29) is 12.4 Å². The van der Waals surface area contributed by atoms with Gasteiger partial charge >= 0.3 is 0 Å². The molecule has 1 aromatic rings. The maximum absolute atomic E-state index is 13.1. The summed E-state index contributed by atoms with van der Waals surface area (Å²) in [4.78, 5) is 11.6. The zero-order chi connectivity index (χ0) is 13.3. The van der Waals surface area contributed by atoms with Gasteiger partial charge in [0.15, 0.2) is 0 Å². The number of aliphatic hydroxyl groups excluding tert-OH is 1. The fourth-order valence-corrected chi connectivity index (χ4v) is 1.85. The Labute approximate surface area is 115 Å². The lowest BCUT2D eigenvalue weighted by Gasteiger charge is -2.20. The van der Waals surface area contributed by atoms with Crippen LogP contribution in [0.3, 0.4) is 0 Å². The van der Waals surface area contributed by atoms with E-state index in [4.69, 9.17) is 10.8 Å². The highest BCUT2D eigenvalue weighted by Crippen LogP contribution is 2.45. The van der Waals surface area contributed by atoms with Gasteiger partial charge in [0.1, 0.15) is 17.7 Å². The molecule has 1 aliphatic rings. The lowest BCUT2D eigenvalue weighted by molar-refractivity contribution is -0.124. The van der Waals surface area contributed by atoms with E-state index in [2.05, 4.69) is 5.32 Å². The number of carbonyl (C=O) groups excluding carboxylic acids is 1. The third kappa shape index (κ3) is 3.40. The number of nitrogens with one attached hydrogen (secondary N) is 1. The first-order valence-electron chi connectivity index (χ1n) is 5.62. The molecule has 19 heavy (non-hydrogen) atoms. The summed E-state index contributed by atoms with van der Waals surface area (Å²) in [7, 11) is 0. The standard InChI is InChI=1S/C12H14F2N2O2.ClH/c13-8-3-7(4-9(14)5-8)12(1-2-12)16-11(18)10(15)6-17;/h3-5,10,17H,1-2,6,15H2,(H,16,18);1H/t10-;/m0./s1. The molecular weight excluding hydrogens is 278 g/mol. The molecule has 0 spiro atoms. The summed E-state index contributed by atoms with van der Waals surface area (Å²) in [6, 6.07) is 2.14. The molecule has 1 aromatic carbocycles. The lowest BCUT2D eigenvalue weighted by atomic mass is 10.0. The van der Waals surface area contributed by atoms with Crippen molar-refractivity contribution in [2.75, 3.05) is 6.61 Å². The SMILES string of the molecule is Cl.N[C@@H](CO)C(=O)NC1(c2cc(F)cc(F)c2)CC1. The van der Waals surface area contributed by atoms with Crippen LogP contribution >= 0.6 is 12.4 Å². The Morgan fingerprint density at radius 3 is 2.32 bits per heavy atom. The van der Waals surface area contributed by atoms with Gasteiger partial charge in [-0.2, -0.15) is 0 Å². The predicted molar refractivity (Wildman–Crippen MR) is 67.7 cm³/mol. The van der Waals surface area contributed by atoms with Gasteiger partial charge in [0, 0.05) is 6.07 Å². The van der Waals surface area contributed by atoms with Gasteiger partial charge in [-0.15, -0.1) is 12.4 Å². The van der Waals surface area contributed by atoms with Gasteiger partial charge in [-0.1, -0.05) is 0 Å². The molecule has 0 unspecified atom stereocenters. The summed E-state index contributed by atoms with van der Waals surface area (Å²) in [6.45, 7) is -0.473. The van der Waals surface area contributed by atoms with Gasteiger partial charge in [0.2, 0.25) is 5.91 Å². The van der Waals surface area contributed by atoms with Crippen LogP contribution in [0.2, 0.25) is 0 Å². The molecule has 106 valence electrons. The van der Waals surface area contributed by atoms with Gasteiger partial charge in [-0.3, -0.25) is 4.79 Å². The molecule has 0 aromatic heterocycles. The number of halogens is 3. The van der Waals surface area contributed by atoms with E-state index in [0.717, 1.165) is 6.07 Å². The zero-order valence-electron chi connectivity index (χ0n) is 10.0. The summed E-state index contributed by atoms with van der Waals surface area (Å²) < 4.78 is 26.3. The molecule has 1 saturated carbocycles. The van der Waals surface area contributed by atoms with Crippen LogP contribution in [0.1, 0.15) is 18.4 Å². The molecule has 1 amide bonds. The molecule has 0 radical (unpaired) electrons. The number of benzene rings is 1. The van der Waals surface area contributed by atoms with Crippen molar-refractivity contribution in [3.63, 3.8) is 0 Å². The van der Waals surface area contributed by atoms with E-state index < -0.39 is 35.7 Å². The highest BCUT2D eigenvalue weighted by atomic mass is 35.5. The summed E-state index contributed by atoms with van der Waals surface area (Å²) in [5.41, 5.74) is 5.02. The fraction of sp³-hybridized carbons (Fsp3) is 0.417. The first-order valence-corrected chi connectivity index (χ1v) is 5.62. The number of nitrogens with two attached hydrogens (primary N) is 1. The van der Waals surface area contributed by atoms with E-state index in [0.29, 0.717) is 18.4 Å². The minimum absolute atomic E-state index is 0. The molecule has 0 bridgehead atoms. The van der Waals surface area contributed by atoms with Crippen molar-refractivity contribution in [3.8, 4) is 0 Å². The average Bonchev–Trinajstić information content (AvgIpc) is 3.07. The normalized spacial score (nSPS) is 17.3. The van der Waals surface area contributed by atoms with Crippen LogP contribution in [0.15, 0.2) is 18.2 Å². The molecule has 4 nitrogen and oxygen atoms in total. The molecular formula is C12H15ClF2N2O2. The molecule has 1 aliphatic carbocycles. The van der Waals surface area contributed by atoms with Crippen LogP contribution in [0.25, 0.3) is 0 Å². The zero-order valence-corrected chi connectivity index (χ0v) is 10.8. The van der Waals surface area contributed by atoms with Gasteiger partial charge in [-0.25, -0.2) is 8.78 Å². The molecule has 2 rings (SSSR count). The number of rotatable bonds is 4. The van der Waals surface area contributed by atoms with Gasteiger partial charge in [0.25, 0.3) is 0 Å². The second kappa shape index (κ2) is 5.81. The van der Waals surface area contributed by atoms with Crippen molar-refractivity contribution >= 4 is 18.3 Å². The highest BCUT2D eigenvalue weighted by Gasteiger charge is 2.46. The van der Waals surface area contributed by atoms with Crippen LogP contribution in [0, 0.1) is 11.6 Å². The third-order valence-electron chi connectivity index (χ3n) is 3.06. The van der Waals surface area contributed by atoms with Crippen molar-refractivity contribution in [2.24, 2.45) is 5.73 Å². The first kappa shape index (κ1) is 15.8. The Morgan fingerprint density at radius 1 is 1.37 bits per heavy atom. The number of hydrogen-bond donors (Lipinski definition) is 3. The second-order valence-corrected chi connectivity index (χ2v) is 4.52. The molecule has 7 heteroatoms. The summed E-state index contributed by atoms with van der Waals surface area (Å²) in [5, 5.41) is 11.4. The fourth-order valence-electron chi connectivity index (χ4n) is 1.85. The number of aliphatic hydroxyl groups is 1. The average molecular weight is 293 g/mol. The molecule has 4 N–H and O–H groups in total. The third-order valence-corrected chi connectivity index (χ3v) is 3.06. The Balaban J connectivity index is 0.00000180. The lowest BCUT2D eigenvalue weighted by Crippen LogP contribution is -2.47. The van der Waals surface area contributed by atoms with Crippen molar-refractivity contribution in [3.05, 3.63) is 35.4 Å². The minimum Gasteiger partial charge on any atom is -0.394 e. The number of amides is 1. The Hall–Kier alpha value is -1.24. The van der Waals surface area contributed by atoms with Crippen molar-refractivity contribution in [1.82, 2.24) is 5.32 Å². The van der Waals surface area contributed by atoms with Crippen molar-refractivity contribution < 1.29 is 18.7 Å². The summed E-state index contributed by atoms with van der Waals surface area (Å²) in [6.07, 6.45) is 1.19. The quantitative estimate of drug-likeness (QED) is 0.769. The molecule has 0 aliphatic heterocycles.